The summed E-state index contributed by atoms with van der Waals surface area (Å²) in [6, 6.07) is -0.474. The maximum atomic E-state index is 11.8. The largest absolute Gasteiger partial charge is 0.348 e. The minimum absolute atomic E-state index is 0.0564. The van der Waals surface area contributed by atoms with E-state index in [0.717, 1.165) is 17.7 Å². The number of nitrogens with zero attached hydrogens (tertiary/aromatic N) is 2. The summed E-state index contributed by atoms with van der Waals surface area (Å²) in [6.07, 6.45) is 3.41. The topological polar surface area (TPSA) is 72.9 Å². The highest BCUT2D eigenvalue weighted by Gasteiger charge is 2.18. The minimum Gasteiger partial charge on any atom is -0.348 e. The van der Waals surface area contributed by atoms with Crippen LogP contribution in [0.15, 0.2) is 6.20 Å². The molecule has 1 amide bonds. The van der Waals surface area contributed by atoms with Crippen LogP contribution in [0.2, 0.25) is 0 Å². The second-order valence-electron chi connectivity index (χ2n) is 4.43. The Morgan fingerprint density at radius 3 is 2.76 bits per heavy atom. The summed E-state index contributed by atoms with van der Waals surface area (Å²) in [5, 5.41) is 7.08. The molecule has 17 heavy (non-hydrogen) atoms. The van der Waals surface area contributed by atoms with Crippen LogP contribution in [0.5, 0.6) is 0 Å². The van der Waals surface area contributed by atoms with Crippen molar-refractivity contribution in [3.05, 3.63) is 17.5 Å². The monoisotopic (exact) mass is 238 g/mol. The van der Waals surface area contributed by atoms with Crippen LogP contribution >= 0.6 is 0 Å². The van der Waals surface area contributed by atoms with Crippen LogP contribution in [0.25, 0.3) is 0 Å². The van der Waals surface area contributed by atoms with E-state index in [4.69, 9.17) is 5.73 Å². The van der Waals surface area contributed by atoms with Crippen LogP contribution in [0.4, 0.5) is 0 Å². The molecule has 5 nitrogen and oxygen atoms in total. The highest BCUT2D eigenvalue weighted by molar-refractivity contribution is 5.81. The van der Waals surface area contributed by atoms with Crippen molar-refractivity contribution in [1.29, 1.82) is 0 Å². The van der Waals surface area contributed by atoms with Crippen molar-refractivity contribution < 1.29 is 4.79 Å². The van der Waals surface area contributed by atoms with Gasteiger partial charge in [0.1, 0.15) is 0 Å². The fourth-order valence-corrected chi connectivity index (χ4v) is 1.78. The lowest BCUT2D eigenvalue weighted by molar-refractivity contribution is -0.123. The van der Waals surface area contributed by atoms with Crippen LogP contribution in [-0.2, 0) is 11.8 Å². The van der Waals surface area contributed by atoms with E-state index in [0.29, 0.717) is 6.42 Å². The highest BCUT2D eigenvalue weighted by Crippen LogP contribution is 2.16. The summed E-state index contributed by atoms with van der Waals surface area (Å²) in [6.45, 7) is 5.94. The van der Waals surface area contributed by atoms with Crippen LogP contribution in [0.1, 0.15) is 44.0 Å². The van der Waals surface area contributed by atoms with Crippen LogP contribution in [0, 0.1) is 6.92 Å². The number of hydrogen-bond donors (Lipinski definition) is 2. The Kier molecular flexibility index (Phi) is 4.69. The smallest absolute Gasteiger partial charge is 0.237 e. The summed E-state index contributed by atoms with van der Waals surface area (Å²) in [4.78, 5) is 11.8. The highest BCUT2D eigenvalue weighted by atomic mass is 16.2. The third-order valence-corrected chi connectivity index (χ3v) is 3.03. The fraction of sp³-hybridized carbons (Fsp3) is 0.667. The zero-order chi connectivity index (χ0) is 13.0. The molecular formula is C12H22N4O. The molecule has 1 aromatic heterocycles. The van der Waals surface area contributed by atoms with Gasteiger partial charge in [0.2, 0.25) is 5.91 Å². The van der Waals surface area contributed by atoms with Crippen LogP contribution in [0.3, 0.4) is 0 Å². The van der Waals surface area contributed by atoms with Gasteiger partial charge in [0.15, 0.2) is 0 Å². The zero-order valence-electron chi connectivity index (χ0n) is 11.0. The van der Waals surface area contributed by atoms with E-state index in [-0.39, 0.29) is 11.9 Å². The van der Waals surface area contributed by atoms with Gasteiger partial charge < -0.3 is 11.1 Å². The number of nitrogens with two attached hydrogens (primary N) is 1. The Bertz CT molecular complexity index is 386. The normalized spacial score (nSPS) is 14.4. The molecule has 0 aliphatic carbocycles. The number of aromatic nitrogens is 2. The Labute approximate surface area is 102 Å². The van der Waals surface area contributed by atoms with E-state index in [9.17, 15) is 4.79 Å². The van der Waals surface area contributed by atoms with Gasteiger partial charge in [-0.15, -0.1) is 0 Å². The molecule has 5 heteroatoms. The molecule has 1 rings (SSSR count). The molecule has 3 N–H and O–H groups in total. The lowest BCUT2D eigenvalue weighted by Crippen LogP contribution is -2.41. The van der Waals surface area contributed by atoms with Gasteiger partial charge in [0, 0.05) is 18.3 Å². The standard InChI is InChI=1S/C12H22N4O/c1-5-6-11(13)12(17)15-8(2)10-7-14-16(4)9(10)3/h7-8,11H,5-6,13H2,1-4H3,(H,15,17)/t8?,11-/m1/s1. The van der Waals surface area contributed by atoms with E-state index in [1.807, 2.05) is 27.8 Å². The van der Waals surface area contributed by atoms with Crippen molar-refractivity contribution in [2.75, 3.05) is 0 Å². The second-order valence-corrected chi connectivity index (χ2v) is 4.43. The van der Waals surface area contributed by atoms with Crippen molar-refractivity contribution in [1.82, 2.24) is 15.1 Å². The number of nitrogens with one attached hydrogen (secondary N) is 1. The molecule has 0 spiro atoms. The molecule has 0 saturated carbocycles. The van der Waals surface area contributed by atoms with Gasteiger partial charge in [0.25, 0.3) is 0 Å². The first-order chi connectivity index (χ1) is 7.97. The third kappa shape index (κ3) is 3.30. The predicted molar refractivity (Wildman–Crippen MR) is 67.4 cm³/mol. The predicted octanol–water partition coefficient (Wildman–Crippen LogP) is 1.03. The molecule has 0 fully saturated rings. The van der Waals surface area contributed by atoms with E-state index in [1.54, 1.807) is 10.9 Å². The molecular weight excluding hydrogens is 216 g/mol. The van der Waals surface area contributed by atoms with Crippen molar-refractivity contribution >= 4 is 5.91 Å². The molecule has 1 unspecified atom stereocenters. The number of hydrogen-bond acceptors (Lipinski definition) is 3. The van der Waals surface area contributed by atoms with E-state index < -0.39 is 6.04 Å². The molecule has 0 bridgehead atoms. The molecule has 1 heterocycles. The quantitative estimate of drug-likeness (QED) is 0.804. The summed E-state index contributed by atoms with van der Waals surface area (Å²) in [7, 11) is 1.89. The van der Waals surface area contributed by atoms with Crippen molar-refractivity contribution in [3.63, 3.8) is 0 Å². The van der Waals surface area contributed by atoms with Gasteiger partial charge >= 0.3 is 0 Å². The van der Waals surface area contributed by atoms with Gasteiger partial charge in [0.05, 0.1) is 18.3 Å². The van der Waals surface area contributed by atoms with Gasteiger partial charge in [-0.25, -0.2) is 0 Å². The average molecular weight is 238 g/mol. The number of amides is 1. The number of aryl methyl sites for hydroxylation is 1. The lowest BCUT2D eigenvalue weighted by Gasteiger charge is -2.17. The Balaban J connectivity index is 2.63. The van der Waals surface area contributed by atoms with E-state index in [1.165, 1.54) is 0 Å². The Morgan fingerprint density at radius 2 is 2.29 bits per heavy atom. The second kappa shape index (κ2) is 5.82. The van der Waals surface area contributed by atoms with E-state index in [2.05, 4.69) is 10.4 Å². The Morgan fingerprint density at radius 1 is 1.65 bits per heavy atom. The summed E-state index contributed by atoms with van der Waals surface area (Å²) in [5.74, 6) is -0.0948. The first kappa shape index (κ1) is 13.7. The number of carbonyl (C=O) groups is 1. The summed E-state index contributed by atoms with van der Waals surface area (Å²) in [5.41, 5.74) is 7.85. The number of rotatable bonds is 5. The number of carbonyl (C=O) groups excluding carboxylic acids is 1. The lowest BCUT2D eigenvalue weighted by atomic mass is 10.1. The minimum atomic E-state index is -0.417. The van der Waals surface area contributed by atoms with Crippen LogP contribution in [-0.4, -0.2) is 21.7 Å². The van der Waals surface area contributed by atoms with Crippen molar-refractivity contribution in [2.45, 2.75) is 45.7 Å². The zero-order valence-corrected chi connectivity index (χ0v) is 11.0. The third-order valence-electron chi connectivity index (χ3n) is 3.03. The molecule has 0 radical (unpaired) electrons. The van der Waals surface area contributed by atoms with Gasteiger partial charge in [-0.2, -0.15) is 5.10 Å². The molecule has 96 valence electrons. The van der Waals surface area contributed by atoms with Gasteiger partial charge in [-0.3, -0.25) is 9.48 Å². The van der Waals surface area contributed by atoms with Crippen molar-refractivity contribution in [2.24, 2.45) is 12.8 Å². The SMILES string of the molecule is CCC[C@@H](N)C(=O)NC(C)c1cnn(C)c1C. The van der Waals surface area contributed by atoms with Crippen molar-refractivity contribution in [3.8, 4) is 0 Å². The van der Waals surface area contributed by atoms with Gasteiger partial charge in [-0.1, -0.05) is 13.3 Å². The van der Waals surface area contributed by atoms with Gasteiger partial charge in [-0.05, 0) is 20.3 Å². The van der Waals surface area contributed by atoms with Crippen LogP contribution < -0.4 is 11.1 Å². The molecule has 1 aromatic rings. The van der Waals surface area contributed by atoms with E-state index >= 15 is 0 Å². The molecule has 0 saturated heterocycles. The first-order valence-electron chi connectivity index (χ1n) is 6.01. The maximum Gasteiger partial charge on any atom is 0.237 e. The maximum absolute atomic E-state index is 11.8. The summed E-state index contributed by atoms with van der Waals surface area (Å²) < 4.78 is 1.80. The fourth-order valence-electron chi connectivity index (χ4n) is 1.78. The molecule has 0 aliphatic rings. The Hall–Kier alpha value is -1.36. The average Bonchev–Trinajstić information content (AvgIpc) is 2.60. The molecule has 2 atom stereocenters. The molecule has 0 aromatic carbocycles. The summed E-state index contributed by atoms with van der Waals surface area (Å²) >= 11 is 0. The molecule has 0 aliphatic heterocycles. The first-order valence-corrected chi connectivity index (χ1v) is 6.01.